The third-order valence-corrected chi connectivity index (χ3v) is 6.20. The Labute approximate surface area is 177 Å². The molecule has 0 amide bonds. The Morgan fingerprint density at radius 2 is 1.96 bits per heavy atom. The third-order valence-electron chi connectivity index (χ3n) is 5.26. The number of halogens is 1. The number of hydrogen-bond acceptors (Lipinski definition) is 3. The Hall–Kier alpha value is -2.35. The minimum absolute atomic E-state index is 0.0177. The molecule has 2 heterocycles. The van der Waals surface area contributed by atoms with Gasteiger partial charge in [-0.15, -0.1) is 0 Å². The number of benzene rings is 2. The molecule has 0 bridgehead atoms. The zero-order valence-electron chi connectivity index (χ0n) is 16.5. The van der Waals surface area contributed by atoms with Crippen LogP contribution in [0.1, 0.15) is 31.0 Å². The number of rotatable bonds is 4. The van der Waals surface area contributed by atoms with Crippen molar-refractivity contribution < 1.29 is 0 Å². The molecular formula is C22H23IN4O. The van der Waals surface area contributed by atoms with Crippen LogP contribution in [0.25, 0.3) is 21.8 Å². The van der Waals surface area contributed by atoms with Crippen LogP contribution >= 0.6 is 22.6 Å². The molecule has 0 spiro atoms. The highest BCUT2D eigenvalue weighted by Gasteiger charge is 2.19. The molecule has 0 fully saturated rings. The van der Waals surface area contributed by atoms with Crippen molar-refractivity contribution in [3.05, 3.63) is 67.6 Å². The van der Waals surface area contributed by atoms with E-state index in [-0.39, 0.29) is 11.6 Å². The van der Waals surface area contributed by atoms with Crippen molar-refractivity contribution >= 4 is 50.1 Å². The van der Waals surface area contributed by atoms with Gasteiger partial charge >= 0.3 is 0 Å². The second-order valence-corrected chi connectivity index (χ2v) is 8.35. The lowest BCUT2D eigenvalue weighted by molar-refractivity contribution is 0.659. The standard InChI is InChI=1S/C22H23IN4O/c1-5-27-21-17(12-24-27)20-15(10-13(2)11-16(20)22(28)26(21)4)14(3)25-19-9-7-6-8-18(19)23/h6-12,14,25H,5H2,1-4H3. The van der Waals surface area contributed by atoms with E-state index in [2.05, 4.69) is 58.1 Å². The van der Waals surface area contributed by atoms with Crippen LogP contribution in [0, 0.1) is 10.5 Å². The fourth-order valence-electron chi connectivity index (χ4n) is 3.93. The molecule has 4 rings (SSSR count). The van der Waals surface area contributed by atoms with Crippen LogP contribution < -0.4 is 10.9 Å². The average molecular weight is 486 g/mol. The number of aryl methyl sites for hydroxylation is 3. The van der Waals surface area contributed by atoms with Crippen molar-refractivity contribution in [2.75, 3.05) is 5.32 Å². The van der Waals surface area contributed by atoms with E-state index in [0.717, 1.165) is 45.2 Å². The van der Waals surface area contributed by atoms with E-state index in [1.807, 2.05) is 50.0 Å². The van der Waals surface area contributed by atoms with Crippen molar-refractivity contribution in [2.45, 2.75) is 33.4 Å². The van der Waals surface area contributed by atoms with E-state index < -0.39 is 0 Å². The molecule has 28 heavy (non-hydrogen) atoms. The van der Waals surface area contributed by atoms with Gasteiger partial charge in [-0.25, -0.2) is 4.68 Å². The van der Waals surface area contributed by atoms with Crippen molar-refractivity contribution in [1.29, 1.82) is 0 Å². The summed E-state index contributed by atoms with van der Waals surface area (Å²) in [4.78, 5) is 13.1. The van der Waals surface area contributed by atoms with Gasteiger partial charge in [0.15, 0.2) is 0 Å². The number of nitrogens with one attached hydrogen (secondary N) is 1. The van der Waals surface area contributed by atoms with Crippen LogP contribution in [0.3, 0.4) is 0 Å². The van der Waals surface area contributed by atoms with Crippen LogP contribution in [-0.4, -0.2) is 14.3 Å². The van der Waals surface area contributed by atoms with Gasteiger partial charge in [-0.3, -0.25) is 9.36 Å². The molecule has 4 aromatic rings. The Kier molecular flexibility index (Phi) is 4.91. The van der Waals surface area contributed by atoms with Crippen molar-refractivity contribution in [2.24, 2.45) is 7.05 Å². The summed E-state index contributed by atoms with van der Waals surface area (Å²) in [6, 6.07) is 12.4. The molecule has 0 aliphatic rings. The molecule has 0 aliphatic carbocycles. The molecule has 0 saturated carbocycles. The highest BCUT2D eigenvalue weighted by atomic mass is 127. The third kappa shape index (κ3) is 2.99. The maximum absolute atomic E-state index is 13.1. The fraction of sp³-hybridized carbons (Fsp3) is 0.273. The van der Waals surface area contributed by atoms with E-state index in [1.165, 1.54) is 3.57 Å². The van der Waals surface area contributed by atoms with Gasteiger partial charge in [0.05, 0.1) is 6.20 Å². The molecule has 144 valence electrons. The van der Waals surface area contributed by atoms with Gasteiger partial charge in [0, 0.05) is 45.1 Å². The predicted octanol–water partition coefficient (Wildman–Crippen LogP) is 4.99. The summed E-state index contributed by atoms with van der Waals surface area (Å²) >= 11 is 2.34. The van der Waals surface area contributed by atoms with Gasteiger partial charge in [0.2, 0.25) is 0 Å². The second-order valence-electron chi connectivity index (χ2n) is 7.18. The Bertz CT molecular complexity index is 1260. The van der Waals surface area contributed by atoms with Gasteiger partial charge in [-0.05, 0) is 72.7 Å². The van der Waals surface area contributed by atoms with Crippen molar-refractivity contribution in [1.82, 2.24) is 14.3 Å². The SMILES string of the molecule is CCn1ncc2c3c(C(C)Nc4ccccc4I)cc(C)cc3c(=O)n(C)c21. The van der Waals surface area contributed by atoms with Gasteiger partial charge in [0.25, 0.3) is 5.56 Å². The van der Waals surface area contributed by atoms with Crippen LogP contribution in [0.4, 0.5) is 5.69 Å². The first-order valence-electron chi connectivity index (χ1n) is 9.42. The Morgan fingerprint density at radius 3 is 2.68 bits per heavy atom. The molecule has 0 aliphatic heterocycles. The summed E-state index contributed by atoms with van der Waals surface area (Å²) in [5.74, 6) is 0. The largest absolute Gasteiger partial charge is 0.378 e. The first kappa shape index (κ1) is 19.0. The normalized spacial score (nSPS) is 12.6. The summed E-state index contributed by atoms with van der Waals surface area (Å²) in [6.07, 6.45) is 1.89. The van der Waals surface area contributed by atoms with Gasteiger partial charge in [-0.2, -0.15) is 5.10 Å². The van der Waals surface area contributed by atoms with Crippen LogP contribution in [0.5, 0.6) is 0 Å². The number of hydrogen-bond donors (Lipinski definition) is 1. The van der Waals surface area contributed by atoms with E-state index in [9.17, 15) is 4.79 Å². The van der Waals surface area contributed by atoms with Crippen LogP contribution in [0.2, 0.25) is 0 Å². The number of nitrogens with zero attached hydrogens (tertiary/aromatic N) is 3. The summed E-state index contributed by atoms with van der Waals surface area (Å²) in [5, 5.41) is 10.9. The fourth-order valence-corrected chi connectivity index (χ4v) is 4.47. The molecule has 2 aromatic carbocycles. The maximum Gasteiger partial charge on any atom is 0.259 e. The Balaban J connectivity index is 2.00. The van der Waals surface area contributed by atoms with Crippen LogP contribution in [0.15, 0.2) is 47.4 Å². The van der Waals surface area contributed by atoms with Crippen molar-refractivity contribution in [3.8, 4) is 0 Å². The number of para-hydroxylation sites is 1. The number of fused-ring (bicyclic) bond motifs is 3. The molecule has 6 heteroatoms. The smallest absolute Gasteiger partial charge is 0.259 e. The lowest BCUT2D eigenvalue weighted by atomic mass is 9.96. The summed E-state index contributed by atoms with van der Waals surface area (Å²) in [5.41, 5.74) is 4.18. The number of aromatic nitrogens is 3. The maximum atomic E-state index is 13.1. The summed E-state index contributed by atoms with van der Waals surface area (Å²) < 4.78 is 4.77. The number of pyridine rings is 1. The lowest BCUT2D eigenvalue weighted by Crippen LogP contribution is -2.20. The summed E-state index contributed by atoms with van der Waals surface area (Å²) in [6.45, 7) is 6.95. The quantitative estimate of drug-likeness (QED) is 0.414. The molecule has 1 unspecified atom stereocenters. The molecular weight excluding hydrogens is 463 g/mol. The highest BCUT2D eigenvalue weighted by Crippen LogP contribution is 2.33. The van der Waals surface area contributed by atoms with E-state index in [4.69, 9.17) is 0 Å². The minimum Gasteiger partial charge on any atom is -0.378 e. The topological polar surface area (TPSA) is 51.9 Å². The number of anilines is 1. The zero-order valence-corrected chi connectivity index (χ0v) is 18.6. The highest BCUT2D eigenvalue weighted by molar-refractivity contribution is 14.1. The molecule has 0 saturated heterocycles. The van der Waals surface area contributed by atoms with Gasteiger partial charge < -0.3 is 5.32 Å². The van der Waals surface area contributed by atoms with E-state index in [1.54, 1.807) is 4.57 Å². The van der Waals surface area contributed by atoms with Gasteiger partial charge in [-0.1, -0.05) is 18.2 Å². The molecule has 0 radical (unpaired) electrons. The van der Waals surface area contributed by atoms with E-state index in [0.29, 0.717) is 0 Å². The van der Waals surface area contributed by atoms with Crippen LogP contribution in [-0.2, 0) is 13.6 Å². The molecule has 1 N–H and O–H groups in total. The Morgan fingerprint density at radius 1 is 1.21 bits per heavy atom. The predicted molar refractivity (Wildman–Crippen MR) is 124 cm³/mol. The first-order chi connectivity index (χ1) is 13.4. The lowest BCUT2D eigenvalue weighted by Gasteiger charge is -2.20. The summed E-state index contributed by atoms with van der Waals surface area (Å²) in [7, 11) is 1.83. The first-order valence-corrected chi connectivity index (χ1v) is 10.5. The monoisotopic (exact) mass is 486 g/mol. The molecule has 2 aromatic heterocycles. The minimum atomic E-state index is 0.0177. The average Bonchev–Trinajstić information content (AvgIpc) is 3.11. The van der Waals surface area contributed by atoms with E-state index >= 15 is 0 Å². The molecule has 1 atom stereocenters. The second kappa shape index (κ2) is 7.24. The van der Waals surface area contributed by atoms with Crippen molar-refractivity contribution in [3.63, 3.8) is 0 Å². The zero-order chi connectivity index (χ0) is 20.0. The van der Waals surface area contributed by atoms with Gasteiger partial charge in [0.1, 0.15) is 5.65 Å². The molecule has 5 nitrogen and oxygen atoms in total.